The average Bonchev–Trinajstić information content (AvgIpc) is 2.26. The van der Waals surface area contributed by atoms with Crippen LogP contribution in [0.4, 0.5) is 0 Å². The maximum atomic E-state index is 11.5. The first kappa shape index (κ1) is 15.8. The molecule has 0 saturated heterocycles. The number of rotatable bonds is 9. The lowest BCUT2D eigenvalue weighted by atomic mass is 10.2. The van der Waals surface area contributed by atoms with E-state index in [1.54, 1.807) is 0 Å². The molecule has 0 aliphatic rings. The van der Waals surface area contributed by atoms with Crippen LogP contribution in [0.15, 0.2) is 0 Å². The fraction of sp³-hybridized carbons (Fsp3) is 0.917. The van der Waals surface area contributed by atoms with E-state index in [1.807, 2.05) is 18.7 Å². The van der Waals surface area contributed by atoms with Gasteiger partial charge in [0.2, 0.25) is 5.91 Å². The van der Waals surface area contributed by atoms with Crippen molar-refractivity contribution in [1.82, 2.24) is 10.6 Å². The summed E-state index contributed by atoms with van der Waals surface area (Å²) in [6.45, 7) is 8.83. The van der Waals surface area contributed by atoms with Crippen LogP contribution in [-0.4, -0.2) is 36.0 Å². The highest BCUT2D eigenvalue weighted by molar-refractivity contribution is 7.99. The van der Waals surface area contributed by atoms with Gasteiger partial charge in [0.15, 0.2) is 0 Å². The molecule has 0 saturated carbocycles. The Morgan fingerprint density at radius 2 is 1.94 bits per heavy atom. The predicted octanol–water partition coefficient (Wildman–Crippen LogP) is 2.02. The molecule has 2 atom stereocenters. The molecule has 3 nitrogen and oxygen atoms in total. The molecule has 4 heteroatoms. The Labute approximate surface area is 104 Å². The molecule has 2 unspecified atom stereocenters. The molecular weight excluding hydrogens is 220 g/mol. The summed E-state index contributed by atoms with van der Waals surface area (Å²) < 4.78 is 0. The van der Waals surface area contributed by atoms with Crippen LogP contribution in [0.1, 0.15) is 40.5 Å². The lowest BCUT2D eigenvalue weighted by Gasteiger charge is -2.15. The van der Waals surface area contributed by atoms with Crippen molar-refractivity contribution in [3.63, 3.8) is 0 Å². The average molecular weight is 246 g/mol. The third kappa shape index (κ3) is 9.04. The summed E-state index contributed by atoms with van der Waals surface area (Å²) in [7, 11) is 0. The zero-order valence-corrected chi connectivity index (χ0v) is 11.8. The third-order valence-electron chi connectivity index (χ3n) is 2.53. The Hall–Kier alpha value is -0.220. The fourth-order valence-corrected chi connectivity index (χ4v) is 2.01. The highest BCUT2D eigenvalue weighted by atomic mass is 32.2. The van der Waals surface area contributed by atoms with Crippen molar-refractivity contribution < 1.29 is 4.79 Å². The molecule has 0 aliphatic heterocycles. The largest absolute Gasteiger partial charge is 0.353 e. The van der Waals surface area contributed by atoms with Gasteiger partial charge in [-0.1, -0.05) is 13.8 Å². The van der Waals surface area contributed by atoms with Crippen molar-refractivity contribution in [3.8, 4) is 0 Å². The number of thioether (sulfide) groups is 1. The van der Waals surface area contributed by atoms with Gasteiger partial charge in [-0.2, -0.15) is 11.8 Å². The van der Waals surface area contributed by atoms with Crippen LogP contribution in [0, 0.1) is 0 Å². The van der Waals surface area contributed by atoms with Gasteiger partial charge in [-0.05, 0) is 38.2 Å². The van der Waals surface area contributed by atoms with E-state index >= 15 is 0 Å². The van der Waals surface area contributed by atoms with Gasteiger partial charge in [0.1, 0.15) is 0 Å². The van der Waals surface area contributed by atoms with E-state index in [9.17, 15) is 4.79 Å². The highest BCUT2D eigenvalue weighted by Crippen LogP contribution is 2.03. The molecule has 0 spiro atoms. The van der Waals surface area contributed by atoms with Gasteiger partial charge >= 0.3 is 0 Å². The molecule has 96 valence electrons. The van der Waals surface area contributed by atoms with Crippen molar-refractivity contribution in [2.75, 3.05) is 18.1 Å². The maximum absolute atomic E-state index is 11.5. The Morgan fingerprint density at radius 3 is 2.50 bits per heavy atom. The number of hydrogen-bond donors (Lipinski definition) is 2. The second-order valence-corrected chi connectivity index (χ2v) is 5.54. The molecule has 0 bridgehead atoms. The first-order valence-electron chi connectivity index (χ1n) is 6.20. The Balaban J connectivity index is 3.51. The smallest absolute Gasteiger partial charge is 0.234 e. The van der Waals surface area contributed by atoms with E-state index in [0.717, 1.165) is 18.6 Å². The van der Waals surface area contributed by atoms with Gasteiger partial charge in [-0.25, -0.2) is 0 Å². The van der Waals surface area contributed by atoms with Crippen LogP contribution in [0.25, 0.3) is 0 Å². The summed E-state index contributed by atoms with van der Waals surface area (Å²) in [4.78, 5) is 11.5. The standard InChI is InChI=1S/C12H26N2OS/c1-5-10(3)14-12(15)9-13-11(4)7-8-16-6-2/h10-11,13H,5-9H2,1-4H3,(H,14,15). The summed E-state index contributed by atoms with van der Waals surface area (Å²) in [6, 6.07) is 0.696. The van der Waals surface area contributed by atoms with Gasteiger partial charge < -0.3 is 10.6 Å². The molecule has 1 amide bonds. The molecule has 2 N–H and O–H groups in total. The topological polar surface area (TPSA) is 41.1 Å². The number of amides is 1. The number of hydrogen-bond acceptors (Lipinski definition) is 3. The molecule has 0 aliphatic carbocycles. The van der Waals surface area contributed by atoms with Crippen molar-refractivity contribution in [3.05, 3.63) is 0 Å². The molecule has 0 aromatic carbocycles. The molecule has 0 rings (SSSR count). The van der Waals surface area contributed by atoms with Crippen molar-refractivity contribution >= 4 is 17.7 Å². The Bertz CT molecular complexity index is 188. The van der Waals surface area contributed by atoms with Crippen LogP contribution in [0.5, 0.6) is 0 Å². The van der Waals surface area contributed by atoms with Crippen LogP contribution in [0.2, 0.25) is 0 Å². The lowest BCUT2D eigenvalue weighted by Crippen LogP contribution is -2.41. The SMILES string of the molecule is CCSCCC(C)NCC(=O)NC(C)CC. The molecule has 0 heterocycles. The quantitative estimate of drug-likeness (QED) is 0.612. The summed E-state index contributed by atoms with van der Waals surface area (Å²) in [5, 5.41) is 6.19. The van der Waals surface area contributed by atoms with Gasteiger partial charge in [-0.3, -0.25) is 4.79 Å². The molecule has 0 aromatic rings. The minimum absolute atomic E-state index is 0.101. The predicted molar refractivity (Wildman–Crippen MR) is 73.0 cm³/mol. The van der Waals surface area contributed by atoms with Crippen molar-refractivity contribution in [2.24, 2.45) is 0 Å². The summed E-state index contributed by atoms with van der Waals surface area (Å²) in [5.74, 6) is 2.43. The van der Waals surface area contributed by atoms with E-state index in [-0.39, 0.29) is 11.9 Å². The second-order valence-electron chi connectivity index (χ2n) is 4.14. The van der Waals surface area contributed by atoms with Crippen LogP contribution < -0.4 is 10.6 Å². The maximum Gasteiger partial charge on any atom is 0.234 e. The van der Waals surface area contributed by atoms with E-state index in [2.05, 4.69) is 31.4 Å². The number of carbonyl (C=O) groups is 1. The molecule has 16 heavy (non-hydrogen) atoms. The first-order valence-corrected chi connectivity index (χ1v) is 7.36. The van der Waals surface area contributed by atoms with Gasteiger partial charge in [0.05, 0.1) is 6.54 Å². The first-order chi connectivity index (χ1) is 7.60. The molecule has 0 aromatic heterocycles. The van der Waals surface area contributed by atoms with Gasteiger partial charge in [0, 0.05) is 12.1 Å². The minimum atomic E-state index is 0.101. The molecule has 0 radical (unpaired) electrons. The van der Waals surface area contributed by atoms with Crippen LogP contribution in [0.3, 0.4) is 0 Å². The zero-order valence-electron chi connectivity index (χ0n) is 11.0. The van der Waals surface area contributed by atoms with Gasteiger partial charge in [0.25, 0.3) is 0 Å². The fourth-order valence-electron chi connectivity index (χ4n) is 1.20. The monoisotopic (exact) mass is 246 g/mol. The normalized spacial score (nSPS) is 14.5. The summed E-state index contributed by atoms with van der Waals surface area (Å²) >= 11 is 1.94. The van der Waals surface area contributed by atoms with Gasteiger partial charge in [-0.15, -0.1) is 0 Å². The van der Waals surface area contributed by atoms with E-state index in [4.69, 9.17) is 0 Å². The number of carbonyl (C=O) groups excluding carboxylic acids is 1. The Kier molecular flexibility index (Phi) is 9.83. The van der Waals surface area contributed by atoms with E-state index in [0.29, 0.717) is 12.6 Å². The van der Waals surface area contributed by atoms with Crippen molar-refractivity contribution in [2.45, 2.75) is 52.6 Å². The van der Waals surface area contributed by atoms with E-state index in [1.165, 1.54) is 5.75 Å². The molecule has 0 fully saturated rings. The zero-order chi connectivity index (χ0) is 12.4. The second kappa shape index (κ2) is 9.97. The van der Waals surface area contributed by atoms with Crippen LogP contribution in [-0.2, 0) is 4.79 Å². The highest BCUT2D eigenvalue weighted by Gasteiger charge is 2.07. The Morgan fingerprint density at radius 1 is 1.25 bits per heavy atom. The molecular formula is C12H26N2OS. The lowest BCUT2D eigenvalue weighted by molar-refractivity contribution is -0.120. The van der Waals surface area contributed by atoms with Crippen LogP contribution >= 0.6 is 11.8 Å². The minimum Gasteiger partial charge on any atom is -0.353 e. The third-order valence-corrected chi connectivity index (χ3v) is 3.46. The summed E-state index contributed by atoms with van der Waals surface area (Å²) in [5.41, 5.74) is 0. The van der Waals surface area contributed by atoms with E-state index < -0.39 is 0 Å². The summed E-state index contributed by atoms with van der Waals surface area (Å²) in [6.07, 6.45) is 2.10. The number of nitrogens with one attached hydrogen (secondary N) is 2. The van der Waals surface area contributed by atoms with Crippen molar-refractivity contribution in [1.29, 1.82) is 0 Å².